The second kappa shape index (κ2) is 4.93. The molecule has 1 aromatic heterocycles. The summed E-state index contributed by atoms with van der Waals surface area (Å²) in [6.07, 6.45) is 0. The van der Waals surface area contributed by atoms with Gasteiger partial charge in [0.05, 0.1) is 5.56 Å². The quantitative estimate of drug-likeness (QED) is 0.824. The van der Waals surface area contributed by atoms with Crippen LogP contribution in [0.3, 0.4) is 0 Å². The molecule has 15 heavy (non-hydrogen) atoms. The Kier molecular flexibility index (Phi) is 3.85. The van der Waals surface area contributed by atoms with Crippen molar-refractivity contribution in [2.45, 2.75) is 13.8 Å². The molecule has 0 unspecified atom stereocenters. The molecule has 0 aliphatic carbocycles. The number of nitrogens with one attached hydrogen (secondary N) is 2. The third-order valence-corrected chi connectivity index (χ3v) is 2.73. The maximum Gasteiger partial charge on any atom is 0.254 e. The molecule has 0 aliphatic heterocycles. The van der Waals surface area contributed by atoms with Crippen LogP contribution >= 0.6 is 11.3 Å². The molecule has 0 aliphatic rings. The summed E-state index contributed by atoms with van der Waals surface area (Å²) in [6.45, 7) is 3.62. The van der Waals surface area contributed by atoms with Crippen LogP contribution in [0.1, 0.15) is 24.2 Å². The predicted molar refractivity (Wildman–Crippen MR) is 61.2 cm³/mol. The molecule has 1 aromatic rings. The Morgan fingerprint density at radius 1 is 1.40 bits per heavy atom. The second-order valence-electron chi connectivity index (χ2n) is 3.39. The van der Waals surface area contributed by atoms with Gasteiger partial charge in [-0.3, -0.25) is 9.59 Å². The van der Waals surface area contributed by atoms with Crippen molar-refractivity contribution < 1.29 is 9.59 Å². The van der Waals surface area contributed by atoms with Crippen LogP contribution in [0, 0.1) is 5.92 Å². The smallest absolute Gasteiger partial charge is 0.254 e. The van der Waals surface area contributed by atoms with Gasteiger partial charge in [0.2, 0.25) is 5.91 Å². The molecular formula is C10H14N2O2S. The molecule has 2 amide bonds. The molecule has 0 spiro atoms. The zero-order chi connectivity index (χ0) is 11.4. The fourth-order valence-corrected chi connectivity index (χ4v) is 1.76. The lowest BCUT2D eigenvalue weighted by Gasteiger charge is -2.07. The van der Waals surface area contributed by atoms with Gasteiger partial charge >= 0.3 is 0 Å². The first-order valence-electron chi connectivity index (χ1n) is 4.66. The van der Waals surface area contributed by atoms with Gasteiger partial charge in [-0.05, 0) is 11.4 Å². The minimum atomic E-state index is -0.185. The minimum absolute atomic E-state index is 0.0809. The Balaban J connectivity index is 2.82. The van der Waals surface area contributed by atoms with Gasteiger partial charge in [-0.1, -0.05) is 13.8 Å². The number of carbonyl (C=O) groups is 2. The van der Waals surface area contributed by atoms with Gasteiger partial charge in [0.15, 0.2) is 0 Å². The summed E-state index contributed by atoms with van der Waals surface area (Å²) in [7, 11) is 1.56. The summed E-state index contributed by atoms with van der Waals surface area (Å²) in [5.41, 5.74) is 0.511. The van der Waals surface area contributed by atoms with Gasteiger partial charge in [-0.2, -0.15) is 0 Å². The van der Waals surface area contributed by atoms with E-state index in [1.165, 1.54) is 11.3 Å². The highest BCUT2D eigenvalue weighted by atomic mass is 32.1. The molecule has 0 saturated carbocycles. The van der Waals surface area contributed by atoms with Gasteiger partial charge < -0.3 is 10.6 Å². The summed E-state index contributed by atoms with van der Waals surface area (Å²) >= 11 is 1.35. The molecule has 5 heteroatoms. The molecule has 0 saturated heterocycles. The van der Waals surface area contributed by atoms with E-state index in [1.54, 1.807) is 18.5 Å². The van der Waals surface area contributed by atoms with Crippen molar-refractivity contribution in [1.29, 1.82) is 0 Å². The molecule has 0 aromatic carbocycles. The van der Waals surface area contributed by atoms with E-state index in [4.69, 9.17) is 0 Å². The summed E-state index contributed by atoms with van der Waals surface area (Å²) in [4.78, 5) is 22.8. The first kappa shape index (κ1) is 11.7. The summed E-state index contributed by atoms with van der Waals surface area (Å²) in [5.74, 6) is -0.359. The molecule has 82 valence electrons. The maximum atomic E-state index is 11.4. The Morgan fingerprint density at radius 3 is 2.60 bits per heavy atom. The van der Waals surface area contributed by atoms with Crippen LogP contribution in [0.4, 0.5) is 5.00 Å². The highest BCUT2D eigenvalue weighted by Gasteiger charge is 2.15. The van der Waals surface area contributed by atoms with E-state index in [9.17, 15) is 9.59 Å². The van der Waals surface area contributed by atoms with Crippen LogP contribution in [0.15, 0.2) is 11.4 Å². The summed E-state index contributed by atoms with van der Waals surface area (Å²) < 4.78 is 0. The maximum absolute atomic E-state index is 11.4. The van der Waals surface area contributed by atoms with Crippen molar-refractivity contribution in [1.82, 2.24) is 5.32 Å². The number of anilines is 1. The lowest BCUT2D eigenvalue weighted by atomic mass is 10.2. The minimum Gasteiger partial charge on any atom is -0.355 e. The largest absolute Gasteiger partial charge is 0.355 e. The third kappa shape index (κ3) is 2.79. The normalized spacial score (nSPS) is 10.1. The molecule has 2 N–H and O–H groups in total. The molecule has 4 nitrogen and oxygen atoms in total. The van der Waals surface area contributed by atoms with E-state index in [-0.39, 0.29) is 17.7 Å². The number of amides is 2. The monoisotopic (exact) mass is 226 g/mol. The number of hydrogen-bond acceptors (Lipinski definition) is 3. The van der Waals surface area contributed by atoms with E-state index in [0.29, 0.717) is 10.6 Å². The average Bonchev–Trinajstić information content (AvgIpc) is 2.64. The number of hydrogen-bond donors (Lipinski definition) is 2. The van der Waals surface area contributed by atoms with Gasteiger partial charge in [0, 0.05) is 13.0 Å². The zero-order valence-corrected chi connectivity index (χ0v) is 9.77. The predicted octanol–water partition coefficient (Wildman–Crippen LogP) is 1.70. The van der Waals surface area contributed by atoms with Crippen LogP contribution in [0.25, 0.3) is 0 Å². The van der Waals surface area contributed by atoms with Gasteiger partial charge in [0.1, 0.15) is 5.00 Å². The van der Waals surface area contributed by atoms with Crippen LogP contribution in [0.2, 0.25) is 0 Å². The molecule has 1 rings (SSSR count). The van der Waals surface area contributed by atoms with Crippen LogP contribution < -0.4 is 10.6 Å². The van der Waals surface area contributed by atoms with Crippen molar-refractivity contribution in [3.63, 3.8) is 0 Å². The molecule has 0 radical (unpaired) electrons. The molecule has 0 fully saturated rings. The topological polar surface area (TPSA) is 58.2 Å². The van der Waals surface area contributed by atoms with Crippen molar-refractivity contribution >= 4 is 28.2 Å². The van der Waals surface area contributed by atoms with Crippen LogP contribution in [-0.4, -0.2) is 18.9 Å². The SMILES string of the molecule is CNC(=O)c1ccsc1NC(=O)C(C)C. The second-order valence-corrected chi connectivity index (χ2v) is 4.30. The number of thiophene rings is 1. The van der Waals surface area contributed by atoms with Crippen LogP contribution in [-0.2, 0) is 4.79 Å². The van der Waals surface area contributed by atoms with E-state index in [1.807, 2.05) is 13.8 Å². The lowest BCUT2D eigenvalue weighted by Crippen LogP contribution is -2.22. The highest BCUT2D eigenvalue weighted by molar-refractivity contribution is 7.14. The fourth-order valence-electron chi connectivity index (χ4n) is 0.976. The first-order valence-corrected chi connectivity index (χ1v) is 5.54. The number of rotatable bonds is 3. The highest BCUT2D eigenvalue weighted by Crippen LogP contribution is 2.23. The Hall–Kier alpha value is -1.36. The third-order valence-electron chi connectivity index (χ3n) is 1.90. The molecular weight excluding hydrogens is 212 g/mol. The summed E-state index contributed by atoms with van der Waals surface area (Å²) in [6, 6.07) is 1.69. The van der Waals surface area contributed by atoms with Crippen molar-refractivity contribution in [3.8, 4) is 0 Å². The van der Waals surface area contributed by atoms with Crippen molar-refractivity contribution in [3.05, 3.63) is 17.0 Å². The molecule has 1 heterocycles. The summed E-state index contributed by atoms with van der Waals surface area (Å²) in [5, 5.41) is 7.63. The van der Waals surface area contributed by atoms with Gasteiger partial charge in [0.25, 0.3) is 5.91 Å². The Labute approximate surface area is 92.7 Å². The average molecular weight is 226 g/mol. The fraction of sp³-hybridized carbons (Fsp3) is 0.400. The van der Waals surface area contributed by atoms with Gasteiger partial charge in [-0.25, -0.2) is 0 Å². The van der Waals surface area contributed by atoms with E-state index in [0.717, 1.165) is 0 Å². The zero-order valence-electron chi connectivity index (χ0n) is 8.96. The number of carbonyl (C=O) groups excluding carboxylic acids is 2. The van der Waals surface area contributed by atoms with Crippen molar-refractivity contribution in [2.24, 2.45) is 5.92 Å². The first-order chi connectivity index (χ1) is 7.06. The van der Waals surface area contributed by atoms with E-state index < -0.39 is 0 Å². The van der Waals surface area contributed by atoms with Gasteiger partial charge in [-0.15, -0.1) is 11.3 Å². The standard InChI is InChI=1S/C10H14N2O2S/c1-6(2)8(13)12-10-7(4-5-15-10)9(14)11-3/h4-6H,1-3H3,(H,11,14)(H,12,13). The van der Waals surface area contributed by atoms with E-state index in [2.05, 4.69) is 10.6 Å². The Bertz CT molecular complexity index is 371. The van der Waals surface area contributed by atoms with Crippen LogP contribution in [0.5, 0.6) is 0 Å². The molecule has 0 bridgehead atoms. The Morgan fingerprint density at radius 2 is 2.07 bits per heavy atom. The van der Waals surface area contributed by atoms with E-state index >= 15 is 0 Å². The van der Waals surface area contributed by atoms with Crippen molar-refractivity contribution in [2.75, 3.05) is 12.4 Å². The molecule has 0 atom stereocenters. The lowest BCUT2D eigenvalue weighted by molar-refractivity contribution is -0.118.